The quantitative estimate of drug-likeness (QED) is 0.777. The van der Waals surface area contributed by atoms with Crippen molar-refractivity contribution in [3.8, 4) is 0 Å². The molecule has 1 atom stereocenters. The van der Waals surface area contributed by atoms with Crippen LogP contribution in [0.5, 0.6) is 0 Å². The molecule has 3 nitrogen and oxygen atoms in total. The van der Waals surface area contributed by atoms with E-state index in [1.54, 1.807) is 30.6 Å². The van der Waals surface area contributed by atoms with Gasteiger partial charge in [0.05, 0.1) is 0 Å². The average molecular weight is 198 g/mol. The van der Waals surface area contributed by atoms with Crippen LogP contribution in [0.4, 0.5) is 0 Å². The lowest BCUT2D eigenvalue weighted by molar-refractivity contribution is 0.189. The summed E-state index contributed by atoms with van der Waals surface area (Å²) < 4.78 is 5.07. The first kappa shape index (κ1) is 8.41. The van der Waals surface area contributed by atoms with Gasteiger partial charge in [-0.2, -0.15) is 0 Å². The van der Waals surface area contributed by atoms with Gasteiger partial charge in [0.15, 0.2) is 5.22 Å². The van der Waals surface area contributed by atoms with Gasteiger partial charge in [-0.25, -0.2) is 0 Å². The lowest BCUT2D eigenvalue weighted by Crippen LogP contribution is -1.95. The molecule has 0 amide bonds. The summed E-state index contributed by atoms with van der Waals surface area (Å²) in [7, 11) is 0. The zero-order valence-corrected chi connectivity index (χ0v) is 7.45. The van der Waals surface area contributed by atoms with Gasteiger partial charge in [-0.15, -0.1) is 0 Å². The molecule has 0 aliphatic carbocycles. The van der Waals surface area contributed by atoms with E-state index in [0.717, 1.165) is 5.56 Å². The molecule has 4 heteroatoms. The first-order chi connectivity index (χ1) is 6.27. The first-order valence-corrected chi connectivity index (χ1v) is 4.21. The van der Waals surface area contributed by atoms with E-state index >= 15 is 0 Å². The van der Waals surface area contributed by atoms with Crippen molar-refractivity contribution in [2.75, 3.05) is 0 Å². The average Bonchev–Trinajstić information content (AvgIpc) is 2.72. The number of halogens is 1. The van der Waals surface area contributed by atoms with Crippen molar-refractivity contribution in [1.29, 1.82) is 0 Å². The molecular formula is C9H8ClNO2. The summed E-state index contributed by atoms with van der Waals surface area (Å²) >= 11 is 5.58. The molecule has 13 heavy (non-hydrogen) atoms. The van der Waals surface area contributed by atoms with Gasteiger partial charge < -0.3 is 14.5 Å². The monoisotopic (exact) mass is 197 g/mol. The van der Waals surface area contributed by atoms with Crippen LogP contribution in [0.3, 0.4) is 0 Å². The Hall–Kier alpha value is -1.19. The number of aromatic nitrogens is 1. The second kappa shape index (κ2) is 3.28. The van der Waals surface area contributed by atoms with Gasteiger partial charge >= 0.3 is 0 Å². The van der Waals surface area contributed by atoms with E-state index in [-0.39, 0.29) is 5.22 Å². The van der Waals surface area contributed by atoms with Gasteiger partial charge in [0.1, 0.15) is 11.9 Å². The Morgan fingerprint density at radius 3 is 2.77 bits per heavy atom. The number of rotatable bonds is 2. The van der Waals surface area contributed by atoms with E-state index in [9.17, 15) is 5.11 Å². The number of aromatic amines is 1. The molecule has 68 valence electrons. The fraction of sp³-hybridized carbons (Fsp3) is 0.111. The summed E-state index contributed by atoms with van der Waals surface area (Å²) in [5.41, 5.74) is 0.756. The van der Waals surface area contributed by atoms with Crippen molar-refractivity contribution in [2.45, 2.75) is 6.10 Å². The molecule has 0 spiro atoms. The van der Waals surface area contributed by atoms with E-state index in [1.807, 2.05) is 0 Å². The summed E-state index contributed by atoms with van der Waals surface area (Å²) in [6.45, 7) is 0. The molecule has 0 fully saturated rings. The molecular weight excluding hydrogens is 190 g/mol. The molecule has 2 rings (SSSR count). The molecule has 0 saturated heterocycles. The minimum absolute atomic E-state index is 0.282. The molecule has 0 saturated carbocycles. The number of furan rings is 1. The van der Waals surface area contributed by atoms with Gasteiger partial charge in [0.2, 0.25) is 0 Å². The number of hydrogen-bond acceptors (Lipinski definition) is 2. The second-order valence-electron chi connectivity index (χ2n) is 2.69. The minimum atomic E-state index is -0.751. The Labute approximate surface area is 80.0 Å². The van der Waals surface area contributed by atoms with Crippen LogP contribution in [0.15, 0.2) is 35.0 Å². The number of H-pyrrole nitrogens is 1. The van der Waals surface area contributed by atoms with Crippen molar-refractivity contribution >= 4 is 11.6 Å². The van der Waals surface area contributed by atoms with Crippen LogP contribution >= 0.6 is 11.6 Å². The third-order valence-electron chi connectivity index (χ3n) is 1.80. The smallest absolute Gasteiger partial charge is 0.193 e. The molecule has 0 aromatic carbocycles. The van der Waals surface area contributed by atoms with Gasteiger partial charge in [-0.1, -0.05) is 0 Å². The standard InChI is InChI=1S/C9H8ClNO2/c10-8-2-1-7(13-8)9(12)6-3-4-11-5-6/h1-5,9,11-12H. The zero-order valence-electron chi connectivity index (χ0n) is 6.70. The van der Waals surface area contributed by atoms with Crippen molar-refractivity contribution in [3.63, 3.8) is 0 Å². The van der Waals surface area contributed by atoms with Crippen molar-refractivity contribution in [2.24, 2.45) is 0 Å². The maximum Gasteiger partial charge on any atom is 0.193 e. The van der Waals surface area contributed by atoms with Crippen LogP contribution in [0, 0.1) is 0 Å². The van der Waals surface area contributed by atoms with Crippen LogP contribution in [-0.2, 0) is 0 Å². The third kappa shape index (κ3) is 1.61. The Bertz CT molecular complexity index is 380. The fourth-order valence-corrected chi connectivity index (χ4v) is 1.30. The highest BCUT2D eigenvalue weighted by Gasteiger charge is 2.14. The highest BCUT2D eigenvalue weighted by molar-refractivity contribution is 6.28. The normalized spacial score (nSPS) is 13.1. The molecule has 0 aliphatic rings. The third-order valence-corrected chi connectivity index (χ3v) is 2.00. The molecule has 2 aromatic heterocycles. The van der Waals surface area contributed by atoms with Crippen molar-refractivity contribution < 1.29 is 9.52 Å². The highest BCUT2D eigenvalue weighted by atomic mass is 35.5. The van der Waals surface area contributed by atoms with E-state index in [4.69, 9.17) is 16.0 Å². The number of nitrogens with one attached hydrogen (secondary N) is 1. The Morgan fingerprint density at radius 1 is 1.38 bits per heavy atom. The predicted octanol–water partition coefficient (Wildman–Crippen LogP) is 2.34. The van der Waals surface area contributed by atoms with E-state index < -0.39 is 6.10 Å². The number of aliphatic hydroxyl groups is 1. The molecule has 2 aromatic rings. The van der Waals surface area contributed by atoms with Crippen LogP contribution in [-0.4, -0.2) is 10.1 Å². The summed E-state index contributed by atoms with van der Waals surface area (Å²) in [4.78, 5) is 2.85. The lowest BCUT2D eigenvalue weighted by Gasteiger charge is -2.03. The predicted molar refractivity (Wildman–Crippen MR) is 48.6 cm³/mol. The van der Waals surface area contributed by atoms with Gasteiger partial charge in [0.25, 0.3) is 0 Å². The van der Waals surface area contributed by atoms with Crippen LogP contribution in [0.2, 0.25) is 5.22 Å². The Balaban J connectivity index is 2.28. The minimum Gasteiger partial charge on any atom is -0.447 e. The maximum atomic E-state index is 9.72. The van der Waals surface area contributed by atoms with E-state index in [0.29, 0.717) is 5.76 Å². The summed E-state index contributed by atoms with van der Waals surface area (Å²) in [5, 5.41) is 10.0. The molecule has 2 N–H and O–H groups in total. The first-order valence-electron chi connectivity index (χ1n) is 3.83. The topological polar surface area (TPSA) is 49.2 Å². The SMILES string of the molecule is OC(c1cc[nH]c1)c1ccc(Cl)o1. The van der Waals surface area contributed by atoms with E-state index in [1.165, 1.54) is 0 Å². The number of hydrogen-bond donors (Lipinski definition) is 2. The molecule has 0 bridgehead atoms. The molecule has 1 unspecified atom stereocenters. The second-order valence-corrected chi connectivity index (χ2v) is 3.06. The lowest BCUT2D eigenvalue weighted by atomic mass is 10.1. The Kier molecular flexibility index (Phi) is 2.12. The van der Waals surface area contributed by atoms with Gasteiger partial charge in [-0.3, -0.25) is 0 Å². The van der Waals surface area contributed by atoms with Crippen LogP contribution < -0.4 is 0 Å². The fourth-order valence-electron chi connectivity index (χ4n) is 1.15. The zero-order chi connectivity index (χ0) is 9.26. The Morgan fingerprint density at radius 2 is 2.23 bits per heavy atom. The van der Waals surface area contributed by atoms with E-state index in [2.05, 4.69) is 4.98 Å². The summed E-state index contributed by atoms with van der Waals surface area (Å²) in [6.07, 6.45) is 2.70. The molecule has 0 radical (unpaired) electrons. The number of aliphatic hydroxyl groups excluding tert-OH is 1. The molecule has 2 heterocycles. The summed E-state index contributed by atoms with van der Waals surface area (Å²) in [6, 6.07) is 5.04. The maximum absolute atomic E-state index is 9.72. The van der Waals surface area contributed by atoms with Gasteiger partial charge in [0, 0.05) is 18.0 Å². The summed E-state index contributed by atoms with van der Waals surface area (Å²) in [5.74, 6) is 0.449. The van der Waals surface area contributed by atoms with Gasteiger partial charge in [-0.05, 0) is 29.8 Å². The molecule has 0 aliphatic heterocycles. The van der Waals surface area contributed by atoms with Crippen molar-refractivity contribution in [3.05, 3.63) is 47.1 Å². The largest absolute Gasteiger partial charge is 0.447 e. The van der Waals surface area contributed by atoms with Crippen LogP contribution in [0.1, 0.15) is 17.4 Å². The van der Waals surface area contributed by atoms with Crippen molar-refractivity contribution in [1.82, 2.24) is 4.98 Å². The highest BCUT2D eigenvalue weighted by Crippen LogP contribution is 2.24. The van der Waals surface area contributed by atoms with Crippen LogP contribution in [0.25, 0.3) is 0 Å².